The summed E-state index contributed by atoms with van der Waals surface area (Å²) >= 11 is 0. The number of nitrogens with zero attached hydrogens (tertiary/aromatic N) is 5. The van der Waals surface area contributed by atoms with Crippen LogP contribution in [0.25, 0.3) is 0 Å². The van der Waals surface area contributed by atoms with Crippen LogP contribution in [0, 0.1) is 0 Å². The van der Waals surface area contributed by atoms with Crippen LogP contribution in [0.4, 0.5) is 0 Å². The van der Waals surface area contributed by atoms with E-state index in [2.05, 4.69) is 10.2 Å². The molecule has 3 rings (SSSR count). The van der Waals surface area contributed by atoms with Gasteiger partial charge in [0.25, 0.3) is 0 Å². The number of methoxy groups -OCH3 is 1. The highest BCUT2D eigenvalue weighted by molar-refractivity contribution is 7.88. The summed E-state index contributed by atoms with van der Waals surface area (Å²) in [6.07, 6.45) is 1.61. The largest absolute Gasteiger partial charge is 0.383 e. The molecule has 0 spiro atoms. The Morgan fingerprint density at radius 3 is 2.61 bits per heavy atom. The predicted octanol–water partition coefficient (Wildman–Crippen LogP) is 0.442. The van der Waals surface area contributed by atoms with Gasteiger partial charge in [-0.1, -0.05) is 30.3 Å². The predicted molar refractivity (Wildman–Crippen MR) is 103 cm³/mol. The Balaban J connectivity index is 1.96. The zero-order valence-electron chi connectivity index (χ0n) is 16.3. The number of sulfonamides is 1. The lowest BCUT2D eigenvalue weighted by molar-refractivity contribution is -0.138. The minimum Gasteiger partial charge on any atom is -0.383 e. The van der Waals surface area contributed by atoms with Gasteiger partial charge in [-0.25, -0.2) is 8.42 Å². The molecule has 0 N–H and O–H groups in total. The molecular formula is C18H25N5O4S. The van der Waals surface area contributed by atoms with E-state index in [1.807, 2.05) is 30.3 Å². The second-order valence-corrected chi connectivity index (χ2v) is 8.97. The summed E-state index contributed by atoms with van der Waals surface area (Å²) in [7, 11) is -0.298. The number of rotatable bonds is 8. The third-order valence-electron chi connectivity index (χ3n) is 4.85. The maximum atomic E-state index is 13.2. The monoisotopic (exact) mass is 407 g/mol. The Morgan fingerprint density at radius 2 is 1.96 bits per heavy atom. The van der Waals surface area contributed by atoms with Gasteiger partial charge in [0, 0.05) is 27.1 Å². The van der Waals surface area contributed by atoms with Crippen molar-refractivity contribution in [1.29, 1.82) is 0 Å². The van der Waals surface area contributed by atoms with Crippen LogP contribution in [0.1, 0.15) is 23.3 Å². The first-order chi connectivity index (χ1) is 13.3. The quantitative estimate of drug-likeness (QED) is 0.630. The lowest BCUT2D eigenvalue weighted by atomic mass is 10.0. The molecule has 1 amide bonds. The van der Waals surface area contributed by atoms with Gasteiger partial charge in [0.05, 0.1) is 26.0 Å². The number of carbonyl (C=O) groups is 1. The van der Waals surface area contributed by atoms with E-state index in [4.69, 9.17) is 4.74 Å². The smallest absolute Gasteiger partial charge is 0.246 e. The molecular weight excluding hydrogens is 382 g/mol. The van der Waals surface area contributed by atoms with Gasteiger partial charge in [0.1, 0.15) is 11.9 Å². The van der Waals surface area contributed by atoms with E-state index in [1.165, 1.54) is 11.4 Å². The van der Waals surface area contributed by atoms with Gasteiger partial charge in [0.2, 0.25) is 15.9 Å². The molecule has 0 radical (unpaired) electrons. The summed E-state index contributed by atoms with van der Waals surface area (Å²) in [6.45, 7) is 1.28. The molecule has 2 heterocycles. The summed E-state index contributed by atoms with van der Waals surface area (Å²) in [5.41, 5.74) is 1.01. The van der Waals surface area contributed by atoms with Crippen LogP contribution in [0.3, 0.4) is 0 Å². The normalized spacial score (nSPS) is 17.2. The standard InChI is InChI=1S/C18H25N5O4S/c1-21(28(3,25)26)12-16-19-20-17-13-22(9-10-27-2)18(24)15(23(16)17)11-14-7-5-4-6-8-14/h4-8,15H,9-13H2,1-3H3/t15-/m1/s1. The fourth-order valence-electron chi connectivity index (χ4n) is 3.23. The van der Waals surface area contributed by atoms with Crippen LogP contribution in [0.2, 0.25) is 0 Å². The van der Waals surface area contributed by atoms with E-state index < -0.39 is 16.1 Å². The van der Waals surface area contributed by atoms with Crippen molar-refractivity contribution >= 4 is 15.9 Å². The van der Waals surface area contributed by atoms with Crippen LogP contribution in [-0.2, 0) is 39.1 Å². The number of amides is 1. The highest BCUT2D eigenvalue weighted by atomic mass is 32.2. The van der Waals surface area contributed by atoms with Crippen molar-refractivity contribution in [2.75, 3.05) is 33.6 Å². The molecule has 0 saturated heterocycles. The first-order valence-corrected chi connectivity index (χ1v) is 10.8. The molecule has 0 bridgehead atoms. The summed E-state index contributed by atoms with van der Waals surface area (Å²) in [6, 6.07) is 9.18. The SMILES string of the molecule is COCCN1Cc2nnc(CN(C)S(C)(=O)=O)n2[C@H](Cc2ccccc2)C1=O. The second-order valence-electron chi connectivity index (χ2n) is 6.88. The first kappa shape index (κ1) is 20.4. The molecule has 1 aromatic carbocycles. The highest BCUT2D eigenvalue weighted by Gasteiger charge is 2.36. The minimum absolute atomic E-state index is 0.0449. The van der Waals surface area contributed by atoms with Gasteiger partial charge >= 0.3 is 0 Å². The van der Waals surface area contributed by atoms with Crippen molar-refractivity contribution in [3.63, 3.8) is 0 Å². The van der Waals surface area contributed by atoms with E-state index in [-0.39, 0.29) is 12.5 Å². The fourth-order valence-corrected chi connectivity index (χ4v) is 3.58. The van der Waals surface area contributed by atoms with Gasteiger partial charge in [-0.15, -0.1) is 10.2 Å². The lowest BCUT2D eigenvalue weighted by Gasteiger charge is -2.34. The van der Waals surface area contributed by atoms with Crippen molar-refractivity contribution in [2.45, 2.75) is 25.6 Å². The Bertz CT molecular complexity index is 929. The zero-order valence-corrected chi connectivity index (χ0v) is 17.1. The number of carbonyl (C=O) groups excluding carboxylic acids is 1. The lowest BCUT2D eigenvalue weighted by Crippen LogP contribution is -2.45. The Kier molecular flexibility index (Phi) is 6.11. The third kappa shape index (κ3) is 4.40. The molecule has 28 heavy (non-hydrogen) atoms. The van der Waals surface area contributed by atoms with Crippen molar-refractivity contribution in [3.8, 4) is 0 Å². The summed E-state index contributed by atoms with van der Waals surface area (Å²) in [5, 5.41) is 8.42. The number of fused-ring (bicyclic) bond motifs is 1. The van der Waals surface area contributed by atoms with Crippen molar-refractivity contribution in [1.82, 2.24) is 24.0 Å². The maximum absolute atomic E-state index is 13.2. The van der Waals surface area contributed by atoms with Gasteiger partial charge < -0.3 is 9.64 Å². The molecule has 2 aromatic rings. The Labute approximate surface area is 165 Å². The molecule has 0 unspecified atom stereocenters. The molecule has 1 aliphatic rings. The summed E-state index contributed by atoms with van der Waals surface area (Å²) in [4.78, 5) is 14.9. The average molecular weight is 407 g/mol. The Hall–Kier alpha value is -2.30. The summed E-state index contributed by atoms with van der Waals surface area (Å²) < 4.78 is 31.7. The highest BCUT2D eigenvalue weighted by Crippen LogP contribution is 2.27. The van der Waals surface area contributed by atoms with Crippen LogP contribution < -0.4 is 0 Å². The van der Waals surface area contributed by atoms with E-state index in [1.54, 1.807) is 16.6 Å². The van der Waals surface area contributed by atoms with E-state index in [0.717, 1.165) is 11.8 Å². The van der Waals surface area contributed by atoms with Crippen molar-refractivity contribution < 1.29 is 17.9 Å². The number of hydrogen-bond acceptors (Lipinski definition) is 6. The molecule has 1 aromatic heterocycles. The molecule has 1 atom stereocenters. The summed E-state index contributed by atoms with van der Waals surface area (Å²) in [5.74, 6) is 1.06. The third-order valence-corrected chi connectivity index (χ3v) is 6.11. The van der Waals surface area contributed by atoms with Gasteiger partial charge in [-0.05, 0) is 5.56 Å². The number of ether oxygens (including phenoxy) is 1. The van der Waals surface area contributed by atoms with Crippen molar-refractivity contribution in [2.24, 2.45) is 0 Å². The minimum atomic E-state index is -3.38. The van der Waals surface area contributed by atoms with Crippen LogP contribution in [0.5, 0.6) is 0 Å². The second kappa shape index (κ2) is 8.38. The number of aromatic nitrogens is 3. The Morgan fingerprint density at radius 1 is 1.25 bits per heavy atom. The van der Waals surface area contributed by atoms with Crippen molar-refractivity contribution in [3.05, 3.63) is 47.5 Å². The van der Waals surface area contributed by atoms with Crippen LogP contribution in [-0.4, -0.2) is 71.9 Å². The number of benzene rings is 1. The fraction of sp³-hybridized carbons (Fsp3) is 0.500. The molecule has 152 valence electrons. The van der Waals surface area contributed by atoms with Gasteiger partial charge in [-0.2, -0.15) is 4.31 Å². The first-order valence-electron chi connectivity index (χ1n) is 8.97. The van der Waals surface area contributed by atoms with Gasteiger partial charge in [0.15, 0.2) is 5.82 Å². The van der Waals surface area contributed by atoms with E-state index >= 15 is 0 Å². The maximum Gasteiger partial charge on any atom is 0.246 e. The molecule has 10 heteroatoms. The topological polar surface area (TPSA) is 97.6 Å². The molecule has 1 aliphatic heterocycles. The zero-order chi connectivity index (χ0) is 20.3. The van der Waals surface area contributed by atoms with Crippen LogP contribution in [0.15, 0.2) is 30.3 Å². The molecule has 0 aliphatic carbocycles. The molecule has 0 fully saturated rings. The molecule has 9 nitrogen and oxygen atoms in total. The molecule has 0 saturated carbocycles. The number of hydrogen-bond donors (Lipinski definition) is 0. The van der Waals surface area contributed by atoms with E-state index in [9.17, 15) is 13.2 Å². The van der Waals surface area contributed by atoms with Crippen LogP contribution >= 0.6 is 0 Å². The van der Waals surface area contributed by atoms with Gasteiger partial charge in [-0.3, -0.25) is 9.36 Å². The average Bonchev–Trinajstić information content (AvgIpc) is 3.05. The van der Waals surface area contributed by atoms with E-state index in [0.29, 0.717) is 37.8 Å².